The molecule has 0 spiro atoms. The molecule has 0 radical (unpaired) electrons. The van der Waals surface area contributed by atoms with Crippen LogP contribution in [0, 0.1) is 0 Å². The molecule has 0 unspecified atom stereocenters. The Balaban J connectivity index is 2.33. The van der Waals surface area contributed by atoms with Crippen LogP contribution in [-0.4, -0.2) is 39.8 Å². The Hall–Kier alpha value is -1.56. The van der Waals surface area contributed by atoms with Gasteiger partial charge in [0.25, 0.3) is 0 Å². The van der Waals surface area contributed by atoms with Crippen molar-refractivity contribution in [3.05, 3.63) is 24.3 Å². The first-order valence-corrected chi connectivity index (χ1v) is 8.54. The fourth-order valence-electron chi connectivity index (χ4n) is 2.15. The zero-order valence-electron chi connectivity index (χ0n) is 11.7. The molecular formula is C14H19NO4S. The Morgan fingerprint density at radius 1 is 1.35 bits per heavy atom. The zero-order chi connectivity index (χ0) is 14.8. The second-order valence-electron chi connectivity index (χ2n) is 4.90. The summed E-state index contributed by atoms with van der Waals surface area (Å²) in [5, 5.41) is 0. The highest BCUT2D eigenvalue weighted by molar-refractivity contribution is 7.90. The number of anilines is 1. The SMILES string of the molecule is CCOC(=O)CN(c1ccccc1S(C)(=O)=O)C1CC1. The quantitative estimate of drug-likeness (QED) is 0.747. The lowest BCUT2D eigenvalue weighted by atomic mass is 10.2. The van der Waals surface area contributed by atoms with E-state index in [4.69, 9.17) is 4.74 Å². The van der Waals surface area contributed by atoms with Crippen LogP contribution in [0.25, 0.3) is 0 Å². The standard InChI is InChI=1S/C14H19NO4S/c1-3-19-14(16)10-15(11-8-9-11)12-6-4-5-7-13(12)20(2,17)18/h4-7,11H,3,8-10H2,1-2H3. The average molecular weight is 297 g/mol. The molecule has 1 aliphatic rings. The first kappa shape index (κ1) is 14.8. The summed E-state index contributed by atoms with van der Waals surface area (Å²) in [4.78, 5) is 13.8. The zero-order valence-corrected chi connectivity index (χ0v) is 12.5. The summed E-state index contributed by atoms with van der Waals surface area (Å²) in [5.41, 5.74) is 0.588. The molecule has 0 atom stereocenters. The lowest BCUT2D eigenvalue weighted by Crippen LogP contribution is -2.33. The van der Waals surface area contributed by atoms with Gasteiger partial charge in [0.05, 0.1) is 17.2 Å². The summed E-state index contributed by atoms with van der Waals surface area (Å²) in [6.45, 7) is 2.17. The molecule has 1 aromatic carbocycles. The molecule has 0 heterocycles. The van der Waals surface area contributed by atoms with E-state index in [-0.39, 0.29) is 23.5 Å². The van der Waals surface area contributed by atoms with Gasteiger partial charge in [-0.1, -0.05) is 12.1 Å². The summed E-state index contributed by atoms with van der Waals surface area (Å²) >= 11 is 0. The summed E-state index contributed by atoms with van der Waals surface area (Å²) in [6, 6.07) is 7.02. The predicted molar refractivity (Wildman–Crippen MR) is 76.6 cm³/mol. The van der Waals surface area contributed by atoms with E-state index in [1.54, 1.807) is 31.2 Å². The number of sulfone groups is 1. The van der Waals surface area contributed by atoms with Crippen LogP contribution in [0.15, 0.2) is 29.2 Å². The molecule has 0 N–H and O–H groups in total. The molecule has 0 saturated heterocycles. The maximum absolute atomic E-state index is 11.9. The maximum Gasteiger partial charge on any atom is 0.325 e. The molecule has 1 saturated carbocycles. The van der Waals surface area contributed by atoms with Crippen molar-refractivity contribution in [1.29, 1.82) is 0 Å². The third-order valence-electron chi connectivity index (χ3n) is 3.17. The molecule has 1 aliphatic carbocycles. The number of ether oxygens (including phenoxy) is 1. The van der Waals surface area contributed by atoms with Crippen LogP contribution in [0.3, 0.4) is 0 Å². The van der Waals surface area contributed by atoms with Crippen LogP contribution in [0.5, 0.6) is 0 Å². The number of carbonyl (C=O) groups excluding carboxylic acids is 1. The first-order valence-electron chi connectivity index (χ1n) is 6.65. The van der Waals surface area contributed by atoms with Gasteiger partial charge in [0.15, 0.2) is 9.84 Å². The molecule has 0 aromatic heterocycles. The van der Waals surface area contributed by atoms with Gasteiger partial charge in [-0.05, 0) is 31.9 Å². The number of benzene rings is 1. The molecule has 0 aliphatic heterocycles. The molecule has 1 fully saturated rings. The van der Waals surface area contributed by atoms with E-state index in [0.717, 1.165) is 12.8 Å². The predicted octanol–water partition coefficient (Wildman–Crippen LogP) is 1.62. The van der Waals surface area contributed by atoms with E-state index in [9.17, 15) is 13.2 Å². The number of hydrogen-bond donors (Lipinski definition) is 0. The Labute approximate surface area is 119 Å². The van der Waals surface area contributed by atoms with Gasteiger partial charge in [-0.2, -0.15) is 0 Å². The summed E-state index contributed by atoms with van der Waals surface area (Å²) < 4.78 is 28.7. The van der Waals surface area contributed by atoms with Gasteiger partial charge in [0, 0.05) is 12.3 Å². The molecule has 20 heavy (non-hydrogen) atoms. The van der Waals surface area contributed by atoms with Gasteiger partial charge in [-0.3, -0.25) is 4.79 Å². The number of para-hydroxylation sites is 1. The minimum Gasteiger partial charge on any atom is -0.465 e. The highest BCUT2D eigenvalue weighted by atomic mass is 32.2. The Bertz CT molecular complexity index is 593. The van der Waals surface area contributed by atoms with Gasteiger partial charge in [-0.15, -0.1) is 0 Å². The van der Waals surface area contributed by atoms with Crippen LogP contribution in [0.1, 0.15) is 19.8 Å². The van der Waals surface area contributed by atoms with Gasteiger partial charge in [-0.25, -0.2) is 8.42 Å². The summed E-state index contributed by atoms with van der Waals surface area (Å²) in [7, 11) is -3.33. The topological polar surface area (TPSA) is 63.7 Å². The number of carbonyl (C=O) groups is 1. The molecule has 2 rings (SSSR count). The van der Waals surface area contributed by atoms with E-state index in [2.05, 4.69) is 0 Å². The molecule has 5 nitrogen and oxygen atoms in total. The number of nitrogens with zero attached hydrogens (tertiary/aromatic N) is 1. The second kappa shape index (κ2) is 5.83. The Morgan fingerprint density at radius 2 is 2.00 bits per heavy atom. The molecule has 6 heteroatoms. The van der Waals surface area contributed by atoms with E-state index >= 15 is 0 Å². The van der Waals surface area contributed by atoms with Crippen molar-refractivity contribution in [1.82, 2.24) is 0 Å². The van der Waals surface area contributed by atoms with Crippen molar-refractivity contribution >= 4 is 21.5 Å². The Morgan fingerprint density at radius 3 is 2.55 bits per heavy atom. The van der Waals surface area contributed by atoms with Crippen LogP contribution in [0.4, 0.5) is 5.69 Å². The van der Waals surface area contributed by atoms with E-state index < -0.39 is 9.84 Å². The van der Waals surface area contributed by atoms with E-state index in [1.807, 2.05) is 4.90 Å². The minimum atomic E-state index is -3.33. The van der Waals surface area contributed by atoms with Crippen molar-refractivity contribution < 1.29 is 17.9 Å². The van der Waals surface area contributed by atoms with Gasteiger partial charge in [0.2, 0.25) is 0 Å². The monoisotopic (exact) mass is 297 g/mol. The maximum atomic E-state index is 11.9. The smallest absolute Gasteiger partial charge is 0.325 e. The molecule has 110 valence electrons. The molecule has 0 bridgehead atoms. The molecule has 0 amide bonds. The normalized spacial score (nSPS) is 14.9. The van der Waals surface area contributed by atoms with E-state index in [0.29, 0.717) is 12.3 Å². The minimum absolute atomic E-state index is 0.0883. The van der Waals surface area contributed by atoms with Crippen molar-refractivity contribution in [3.63, 3.8) is 0 Å². The van der Waals surface area contributed by atoms with Crippen LogP contribution < -0.4 is 4.90 Å². The lowest BCUT2D eigenvalue weighted by molar-refractivity contribution is -0.141. The molecule has 1 aromatic rings. The lowest BCUT2D eigenvalue weighted by Gasteiger charge is -2.25. The van der Waals surface area contributed by atoms with Crippen molar-refractivity contribution in [2.24, 2.45) is 0 Å². The highest BCUT2D eigenvalue weighted by Gasteiger charge is 2.33. The average Bonchev–Trinajstić information content (AvgIpc) is 3.19. The first-order chi connectivity index (χ1) is 9.43. The largest absolute Gasteiger partial charge is 0.465 e. The summed E-state index contributed by atoms with van der Waals surface area (Å²) in [5.74, 6) is -0.331. The van der Waals surface area contributed by atoms with Gasteiger partial charge < -0.3 is 9.64 Å². The van der Waals surface area contributed by atoms with Gasteiger partial charge in [0.1, 0.15) is 6.54 Å². The third kappa shape index (κ3) is 3.50. The number of esters is 1. The van der Waals surface area contributed by atoms with Crippen LogP contribution in [0.2, 0.25) is 0 Å². The van der Waals surface area contributed by atoms with Crippen molar-refractivity contribution in [2.45, 2.75) is 30.7 Å². The summed E-state index contributed by atoms with van der Waals surface area (Å²) in [6.07, 6.45) is 3.12. The van der Waals surface area contributed by atoms with Crippen molar-refractivity contribution in [3.8, 4) is 0 Å². The van der Waals surface area contributed by atoms with Gasteiger partial charge >= 0.3 is 5.97 Å². The fourth-order valence-corrected chi connectivity index (χ4v) is 3.04. The second-order valence-corrected chi connectivity index (χ2v) is 6.89. The van der Waals surface area contributed by atoms with Crippen molar-refractivity contribution in [2.75, 3.05) is 24.3 Å². The highest BCUT2D eigenvalue weighted by Crippen LogP contribution is 2.35. The van der Waals surface area contributed by atoms with E-state index in [1.165, 1.54) is 6.26 Å². The number of rotatable bonds is 6. The third-order valence-corrected chi connectivity index (χ3v) is 4.31. The molecular weight excluding hydrogens is 278 g/mol. The fraction of sp³-hybridized carbons (Fsp3) is 0.500. The van der Waals surface area contributed by atoms with Crippen LogP contribution in [-0.2, 0) is 19.4 Å². The number of hydrogen-bond acceptors (Lipinski definition) is 5. The van der Waals surface area contributed by atoms with Crippen LogP contribution >= 0.6 is 0 Å². The Kier molecular flexibility index (Phi) is 4.32.